The summed E-state index contributed by atoms with van der Waals surface area (Å²) in [5.41, 5.74) is 8.37. The van der Waals surface area contributed by atoms with Crippen molar-refractivity contribution in [2.75, 3.05) is 13.7 Å². The molecule has 42 heavy (non-hydrogen) atoms. The summed E-state index contributed by atoms with van der Waals surface area (Å²) >= 11 is 0. The first-order valence-corrected chi connectivity index (χ1v) is 15.7. The molecule has 224 valence electrons. The van der Waals surface area contributed by atoms with Crippen LogP contribution in [0.5, 0.6) is 28.7 Å². The minimum absolute atomic E-state index is 0.131. The predicted octanol–water partition coefficient (Wildman–Crippen LogP) is 7.55. The van der Waals surface area contributed by atoms with Gasteiger partial charge in [-0.05, 0) is 84.4 Å². The number of aliphatic hydroxyl groups is 1. The molecule has 0 fully saturated rings. The van der Waals surface area contributed by atoms with E-state index in [1.165, 1.54) is 12.0 Å². The zero-order valence-corrected chi connectivity index (χ0v) is 25.3. The van der Waals surface area contributed by atoms with Crippen molar-refractivity contribution < 1.29 is 29.5 Å². The van der Waals surface area contributed by atoms with E-state index in [1.54, 1.807) is 13.2 Å². The maximum atomic E-state index is 11.7. The summed E-state index contributed by atoms with van der Waals surface area (Å²) in [6.07, 6.45) is 6.87. The summed E-state index contributed by atoms with van der Waals surface area (Å²) in [6, 6.07) is 9.63. The van der Waals surface area contributed by atoms with Gasteiger partial charge in [-0.15, -0.1) is 0 Å². The van der Waals surface area contributed by atoms with Crippen LogP contribution >= 0.6 is 0 Å². The third-order valence-corrected chi connectivity index (χ3v) is 9.27. The van der Waals surface area contributed by atoms with Crippen LogP contribution in [-0.4, -0.2) is 35.1 Å². The Labute approximate surface area is 249 Å². The number of benzene rings is 3. The molecule has 0 radical (unpaired) electrons. The number of fused-ring (bicyclic) bond motifs is 6. The van der Waals surface area contributed by atoms with Crippen molar-refractivity contribution in [2.24, 2.45) is 5.92 Å². The van der Waals surface area contributed by atoms with E-state index in [0.717, 1.165) is 95.4 Å². The SMILES string of the molecule is CCCCC[C@@H]1Cc2cc(O)c(CC(C)C)cc2-c2c(OC)cc3c(c21)C[C@@H](O)[C@H](c1ccc(O)c2c1CCCO2)O3. The van der Waals surface area contributed by atoms with Gasteiger partial charge in [0.1, 0.15) is 17.2 Å². The van der Waals surface area contributed by atoms with Crippen LogP contribution in [-0.2, 0) is 25.7 Å². The molecule has 6 heteroatoms. The van der Waals surface area contributed by atoms with Crippen LogP contribution in [0.2, 0.25) is 0 Å². The second kappa shape index (κ2) is 11.7. The zero-order valence-electron chi connectivity index (χ0n) is 25.3. The Hall–Kier alpha value is -3.38. The summed E-state index contributed by atoms with van der Waals surface area (Å²) in [4.78, 5) is 0. The van der Waals surface area contributed by atoms with E-state index in [4.69, 9.17) is 14.2 Å². The van der Waals surface area contributed by atoms with Crippen LogP contribution in [0.15, 0.2) is 30.3 Å². The molecule has 0 bridgehead atoms. The van der Waals surface area contributed by atoms with Crippen LogP contribution in [0.1, 0.15) is 98.3 Å². The second-order valence-corrected chi connectivity index (χ2v) is 12.7. The van der Waals surface area contributed by atoms with Gasteiger partial charge >= 0.3 is 0 Å². The van der Waals surface area contributed by atoms with E-state index in [2.05, 4.69) is 26.8 Å². The van der Waals surface area contributed by atoms with Gasteiger partial charge in [-0.1, -0.05) is 46.1 Å². The topological polar surface area (TPSA) is 88.4 Å². The first-order valence-electron chi connectivity index (χ1n) is 15.7. The lowest BCUT2D eigenvalue weighted by atomic mass is 9.72. The van der Waals surface area contributed by atoms with Crippen molar-refractivity contribution in [1.29, 1.82) is 0 Å². The number of ether oxygens (including phenoxy) is 3. The van der Waals surface area contributed by atoms with Gasteiger partial charge in [0, 0.05) is 34.7 Å². The molecule has 0 saturated carbocycles. The number of methoxy groups -OCH3 is 1. The fourth-order valence-electron chi connectivity index (χ4n) is 7.38. The van der Waals surface area contributed by atoms with E-state index in [0.29, 0.717) is 30.4 Å². The van der Waals surface area contributed by atoms with E-state index in [-0.39, 0.29) is 11.7 Å². The molecular formula is C36H44O6. The fourth-order valence-corrected chi connectivity index (χ4v) is 7.38. The van der Waals surface area contributed by atoms with Crippen molar-refractivity contribution in [3.05, 3.63) is 63.7 Å². The largest absolute Gasteiger partial charge is 0.508 e. The van der Waals surface area contributed by atoms with Crippen molar-refractivity contribution >= 4 is 0 Å². The molecule has 3 aliphatic rings. The first-order chi connectivity index (χ1) is 20.3. The summed E-state index contributed by atoms with van der Waals surface area (Å²) < 4.78 is 18.6. The quantitative estimate of drug-likeness (QED) is 0.242. The molecule has 2 aliphatic heterocycles. The van der Waals surface area contributed by atoms with Crippen molar-refractivity contribution in [3.63, 3.8) is 0 Å². The van der Waals surface area contributed by atoms with E-state index < -0.39 is 12.2 Å². The fraction of sp³-hybridized carbons (Fsp3) is 0.500. The van der Waals surface area contributed by atoms with Gasteiger partial charge < -0.3 is 29.5 Å². The number of rotatable bonds is 8. The molecule has 3 atom stereocenters. The predicted molar refractivity (Wildman–Crippen MR) is 164 cm³/mol. The Morgan fingerprint density at radius 1 is 1.02 bits per heavy atom. The van der Waals surface area contributed by atoms with Crippen LogP contribution in [0.4, 0.5) is 0 Å². The summed E-state index contributed by atoms with van der Waals surface area (Å²) in [7, 11) is 1.71. The lowest BCUT2D eigenvalue weighted by Gasteiger charge is -2.38. The van der Waals surface area contributed by atoms with Crippen molar-refractivity contribution in [3.8, 4) is 39.9 Å². The van der Waals surface area contributed by atoms with Crippen molar-refractivity contribution in [1.82, 2.24) is 0 Å². The molecule has 0 unspecified atom stereocenters. The van der Waals surface area contributed by atoms with Gasteiger partial charge in [0.05, 0.1) is 19.8 Å². The average molecular weight is 573 g/mol. The smallest absolute Gasteiger partial charge is 0.164 e. The Balaban J connectivity index is 1.49. The van der Waals surface area contributed by atoms with E-state index >= 15 is 0 Å². The van der Waals surface area contributed by atoms with Gasteiger partial charge in [0.15, 0.2) is 17.6 Å². The molecule has 3 aromatic rings. The lowest BCUT2D eigenvalue weighted by molar-refractivity contribution is 0.0193. The number of unbranched alkanes of at least 4 members (excludes halogenated alkanes) is 2. The molecule has 6 nitrogen and oxygen atoms in total. The van der Waals surface area contributed by atoms with E-state index in [1.807, 2.05) is 18.2 Å². The van der Waals surface area contributed by atoms with Gasteiger partial charge in [0.2, 0.25) is 0 Å². The monoisotopic (exact) mass is 572 g/mol. The molecule has 0 aromatic heterocycles. The molecule has 3 aromatic carbocycles. The van der Waals surface area contributed by atoms with Gasteiger partial charge in [-0.2, -0.15) is 0 Å². The third-order valence-electron chi connectivity index (χ3n) is 9.27. The molecule has 0 spiro atoms. The molecule has 6 rings (SSSR count). The average Bonchev–Trinajstić information content (AvgIpc) is 2.97. The number of aliphatic hydroxyl groups excluding tert-OH is 1. The van der Waals surface area contributed by atoms with Gasteiger partial charge in [-0.3, -0.25) is 0 Å². The van der Waals surface area contributed by atoms with Crippen LogP contribution < -0.4 is 14.2 Å². The Morgan fingerprint density at radius 3 is 2.62 bits per heavy atom. The lowest BCUT2D eigenvalue weighted by Crippen LogP contribution is -2.33. The number of hydrogen-bond donors (Lipinski definition) is 3. The summed E-state index contributed by atoms with van der Waals surface area (Å²) in [6.45, 7) is 7.13. The number of aromatic hydroxyl groups is 2. The molecule has 0 saturated heterocycles. The standard InChI is InChI=1S/C36H44O6/c1-5-6-7-9-21-15-22-17-29(38)23(14-20(2)3)16-26(22)34-32(40-4)19-31-27(33(21)34)18-30(39)36(42-31)25-11-12-28(37)35-24(25)10-8-13-41-35/h11-12,16-17,19-21,30,36-39H,5-10,13-15,18H2,1-4H3/t21-,30-,36+/m1/s1. The van der Waals surface area contributed by atoms with Crippen LogP contribution in [0, 0.1) is 5.92 Å². The number of phenols is 2. The number of phenolic OH excluding ortho intramolecular Hbond substituents is 2. The first kappa shape index (κ1) is 28.7. The second-order valence-electron chi connectivity index (χ2n) is 12.7. The molecular weight excluding hydrogens is 528 g/mol. The number of hydrogen-bond acceptors (Lipinski definition) is 6. The molecule has 1 aliphatic carbocycles. The zero-order chi connectivity index (χ0) is 29.5. The minimum Gasteiger partial charge on any atom is -0.508 e. The van der Waals surface area contributed by atoms with Crippen LogP contribution in [0.25, 0.3) is 11.1 Å². The highest BCUT2D eigenvalue weighted by Gasteiger charge is 2.39. The van der Waals surface area contributed by atoms with E-state index in [9.17, 15) is 15.3 Å². The highest BCUT2D eigenvalue weighted by atomic mass is 16.5. The van der Waals surface area contributed by atoms with Gasteiger partial charge in [0.25, 0.3) is 0 Å². The maximum absolute atomic E-state index is 11.7. The normalized spacial score (nSPS) is 20.6. The molecule has 3 N–H and O–H groups in total. The Morgan fingerprint density at radius 2 is 1.86 bits per heavy atom. The van der Waals surface area contributed by atoms with Gasteiger partial charge in [-0.25, -0.2) is 0 Å². The minimum atomic E-state index is -0.750. The molecule has 2 heterocycles. The Kier molecular flexibility index (Phi) is 8.01. The highest BCUT2D eigenvalue weighted by molar-refractivity contribution is 5.83. The van der Waals surface area contributed by atoms with Crippen LogP contribution in [0.3, 0.4) is 0 Å². The summed E-state index contributed by atoms with van der Waals surface area (Å²) in [5, 5.41) is 33.0. The third kappa shape index (κ3) is 5.08. The Bertz CT molecular complexity index is 1470. The summed E-state index contributed by atoms with van der Waals surface area (Å²) in [5.74, 6) is 3.18. The maximum Gasteiger partial charge on any atom is 0.164 e. The van der Waals surface area contributed by atoms with Crippen molar-refractivity contribution in [2.45, 2.75) is 96.7 Å². The highest BCUT2D eigenvalue weighted by Crippen LogP contribution is 2.54. The molecule has 0 amide bonds.